The van der Waals surface area contributed by atoms with Gasteiger partial charge in [0.2, 0.25) is 0 Å². The molecule has 0 amide bonds. The Morgan fingerprint density at radius 1 is 1.18 bits per heavy atom. The maximum absolute atomic E-state index is 9.13. The normalized spacial score (nSPS) is 24.1. The molecule has 0 spiro atoms. The molecule has 0 aromatic heterocycles. The van der Waals surface area contributed by atoms with Crippen LogP contribution in [0.5, 0.6) is 0 Å². The minimum atomic E-state index is 0.598. The van der Waals surface area contributed by atoms with Crippen molar-refractivity contribution in [2.75, 3.05) is 11.9 Å². The summed E-state index contributed by atoms with van der Waals surface area (Å²) < 4.78 is 0. The Hall–Kier alpha value is -1.49. The molecule has 0 bridgehead atoms. The fourth-order valence-electron chi connectivity index (χ4n) is 2.70. The van der Waals surface area contributed by atoms with Crippen molar-refractivity contribution in [1.82, 2.24) is 0 Å². The largest absolute Gasteiger partial charge is 0.371 e. The molecular formula is C15H20N2. The van der Waals surface area contributed by atoms with Crippen LogP contribution in [-0.4, -0.2) is 13.1 Å². The fourth-order valence-corrected chi connectivity index (χ4v) is 2.70. The summed E-state index contributed by atoms with van der Waals surface area (Å²) in [7, 11) is 2.12. The van der Waals surface area contributed by atoms with Crippen molar-refractivity contribution < 1.29 is 0 Å². The van der Waals surface area contributed by atoms with Crippen molar-refractivity contribution in [3.8, 4) is 6.07 Å². The van der Waals surface area contributed by atoms with Crippen molar-refractivity contribution in [2.24, 2.45) is 5.92 Å². The maximum atomic E-state index is 9.13. The number of hydrogen-bond acceptors (Lipinski definition) is 2. The van der Waals surface area contributed by atoms with Gasteiger partial charge >= 0.3 is 0 Å². The average Bonchev–Trinajstić information content (AvgIpc) is 2.39. The van der Waals surface area contributed by atoms with Crippen LogP contribution in [0.3, 0.4) is 0 Å². The molecule has 0 aliphatic heterocycles. The van der Waals surface area contributed by atoms with E-state index in [9.17, 15) is 0 Å². The monoisotopic (exact) mass is 228 g/mol. The van der Waals surface area contributed by atoms with Gasteiger partial charge in [0, 0.05) is 13.1 Å². The van der Waals surface area contributed by atoms with E-state index in [4.69, 9.17) is 5.26 Å². The van der Waals surface area contributed by atoms with Gasteiger partial charge in [-0.2, -0.15) is 5.26 Å². The molecule has 90 valence electrons. The quantitative estimate of drug-likeness (QED) is 0.773. The van der Waals surface area contributed by atoms with Crippen LogP contribution < -0.4 is 4.90 Å². The first-order valence-electron chi connectivity index (χ1n) is 6.44. The predicted octanol–water partition coefficient (Wildman–Crippen LogP) is 3.57. The topological polar surface area (TPSA) is 27.0 Å². The summed E-state index contributed by atoms with van der Waals surface area (Å²) >= 11 is 0. The van der Waals surface area contributed by atoms with Crippen LogP contribution >= 0.6 is 0 Å². The molecule has 1 saturated carbocycles. The highest BCUT2D eigenvalue weighted by Gasteiger charge is 2.22. The van der Waals surface area contributed by atoms with Crippen molar-refractivity contribution in [3.63, 3.8) is 0 Å². The Kier molecular flexibility index (Phi) is 3.68. The number of hydrogen-bond donors (Lipinski definition) is 0. The molecule has 1 fully saturated rings. The van der Waals surface area contributed by atoms with E-state index < -0.39 is 0 Å². The maximum Gasteiger partial charge on any atom is 0.101 e. The van der Waals surface area contributed by atoms with Crippen LogP contribution in [-0.2, 0) is 0 Å². The van der Waals surface area contributed by atoms with E-state index >= 15 is 0 Å². The number of para-hydroxylation sites is 1. The van der Waals surface area contributed by atoms with E-state index in [1.165, 1.54) is 25.7 Å². The molecule has 2 heteroatoms. The second-order valence-corrected chi connectivity index (χ2v) is 5.15. The van der Waals surface area contributed by atoms with Crippen LogP contribution in [0.1, 0.15) is 38.2 Å². The molecule has 1 aromatic rings. The lowest BCUT2D eigenvalue weighted by molar-refractivity contribution is 0.340. The summed E-state index contributed by atoms with van der Waals surface area (Å²) in [5, 5.41) is 9.13. The summed E-state index contributed by atoms with van der Waals surface area (Å²) in [6, 6.07) is 10.8. The Morgan fingerprint density at radius 2 is 1.82 bits per heavy atom. The minimum absolute atomic E-state index is 0.598. The van der Waals surface area contributed by atoms with Crippen LogP contribution in [0, 0.1) is 17.2 Å². The van der Waals surface area contributed by atoms with Crippen molar-refractivity contribution in [1.29, 1.82) is 5.26 Å². The minimum Gasteiger partial charge on any atom is -0.371 e. The first-order chi connectivity index (χ1) is 8.22. The molecule has 0 saturated heterocycles. The third-order valence-corrected chi connectivity index (χ3v) is 3.94. The first-order valence-corrected chi connectivity index (χ1v) is 6.44. The zero-order chi connectivity index (χ0) is 12.3. The fraction of sp³-hybridized carbons (Fsp3) is 0.533. The highest BCUT2D eigenvalue weighted by molar-refractivity contribution is 5.59. The smallest absolute Gasteiger partial charge is 0.101 e. The van der Waals surface area contributed by atoms with Crippen molar-refractivity contribution in [3.05, 3.63) is 29.8 Å². The van der Waals surface area contributed by atoms with Gasteiger partial charge in [-0.05, 0) is 43.7 Å². The number of anilines is 1. The highest BCUT2D eigenvalue weighted by atomic mass is 15.1. The molecule has 0 radical (unpaired) electrons. The van der Waals surface area contributed by atoms with Crippen LogP contribution in [0.2, 0.25) is 0 Å². The first kappa shape index (κ1) is 12.0. The Balaban J connectivity index is 2.14. The zero-order valence-electron chi connectivity index (χ0n) is 10.7. The molecule has 0 atom stereocenters. The van der Waals surface area contributed by atoms with E-state index in [-0.39, 0.29) is 0 Å². The lowest BCUT2D eigenvalue weighted by Crippen LogP contribution is -2.35. The van der Waals surface area contributed by atoms with E-state index in [2.05, 4.69) is 31.0 Å². The lowest BCUT2D eigenvalue weighted by Gasteiger charge is -2.35. The zero-order valence-corrected chi connectivity index (χ0v) is 10.7. The number of benzene rings is 1. The molecule has 2 rings (SSSR count). The van der Waals surface area contributed by atoms with E-state index in [0.717, 1.165) is 17.2 Å². The number of nitriles is 1. The number of rotatable bonds is 2. The third-order valence-electron chi connectivity index (χ3n) is 3.94. The van der Waals surface area contributed by atoms with E-state index in [1.807, 2.05) is 18.2 Å². The molecule has 1 aliphatic carbocycles. The molecular weight excluding hydrogens is 208 g/mol. The van der Waals surface area contributed by atoms with Gasteiger partial charge in [0.05, 0.1) is 11.3 Å². The van der Waals surface area contributed by atoms with Crippen molar-refractivity contribution in [2.45, 2.75) is 38.6 Å². The number of nitrogens with zero attached hydrogens (tertiary/aromatic N) is 2. The van der Waals surface area contributed by atoms with Gasteiger partial charge in [-0.3, -0.25) is 0 Å². The third kappa shape index (κ3) is 2.61. The van der Waals surface area contributed by atoms with Gasteiger partial charge in [0.1, 0.15) is 6.07 Å². The second-order valence-electron chi connectivity index (χ2n) is 5.15. The Bertz CT molecular complexity index is 411. The van der Waals surface area contributed by atoms with E-state index in [1.54, 1.807) is 0 Å². The standard InChI is InChI=1S/C15H20N2/c1-12-7-9-14(10-8-12)17(2)15-6-4-3-5-13(15)11-16/h3-6,12,14H,7-10H2,1-2H3. The van der Waals surface area contributed by atoms with Gasteiger partial charge in [0.25, 0.3) is 0 Å². The second kappa shape index (κ2) is 5.23. The van der Waals surface area contributed by atoms with Crippen molar-refractivity contribution >= 4 is 5.69 Å². The molecule has 1 aromatic carbocycles. The summed E-state index contributed by atoms with van der Waals surface area (Å²) in [6.45, 7) is 2.33. The molecule has 0 heterocycles. The molecule has 1 aliphatic rings. The summed E-state index contributed by atoms with van der Waals surface area (Å²) in [4.78, 5) is 2.30. The molecule has 2 nitrogen and oxygen atoms in total. The average molecular weight is 228 g/mol. The van der Waals surface area contributed by atoms with Crippen LogP contribution in [0.25, 0.3) is 0 Å². The lowest BCUT2D eigenvalue weighted by atomic mass is 9.86. The molecule has 0 unspecified atom stereocenters. The summed E-state index contributed by atoms with van der Waals surface area (Å²) in [6.07, 6.45) is 5.11. The Labute approximate surface area is 104 Å². The van der Waals surface area contributed by atoms with Gasteiger partial charge in [-0.1, -0.05) is 19.1 Å². The van der Waals surface area contributed by atoms with E-state index in [0.29, 0.717) is 6.04 Å². The van der Waals surface area contributed by atoms with Crippen LogP contribution in [0.4, 0.5) is 5.69 Å². The SMILES string of the molecule is CC1CCC(N(C)c2ccccc2C#N)CC1. The Morgan fingerprint density at radius 3 is 2.47 bits per heavy atom. The van der Waals surface area contributed by atoms with Crippen LogP contribution in [0.15, 0.2) is 24.3 Å². The highest BCUT2D eigenvalue weighted by Crippen LogP contribution is 2.30. The predicted molar refractivity (Wildman–Crippen MR) is 71.0 cm³/mol. The van der Waals surface area contributed by atoms with Gasteiger partial charge in [-0.15, -0.1) is 0 Å². The summed E-state index contributed by atoms with van der Waals surface area (Å²) in [5.74, 6) is 0.867. The molecule has 0 N–H and O–H groups in total. The van der Waals surface area contributed by atoms with Gasteiger partial charge in [0.15, 0.2) is 0 Å². The summed E-state index contributed by atoms with van der Waals surface area (Å²) in [5.41, 5.74) is 1.86. The van der Waals surface area contributed by atoms with Gasteiger partial charge in [-0.25, -0.2) is 0 Å². The van der Waals surface area contributed by atoms with Gasteiger partial charge < -0.3 is 4.90 Å². The molecule has 17 heavy (non-hydrogen) atoms.